The number of aromatic amines is 1. The zero-order chi connectivity index (χ0) is 14.2. The summed E-state index contributed by atoms with van der Waals surface area (Å²) in [5.41, 5.74) is 0.101. The maximum absolute atomic E-state index is 12.1. The van der Waals surface area contributed by atoms with Crippen LogP contribution in [0.3, 0.4) is 0 Å². The number of H-pyrrole nitrogens is 1. The molecule has 2 unspecified atom stereocenters. The van der Waals surface area contributed by atoms with Gasteiger partial charge < -0.3 is 20.1 Å². The van der Waals surface area contributed by atoms with Crippen LogP contribution >= 0.6 is 0 Å². The molecule has 1 aromatic heterocycles. The van der Waals surface area contributed by atoms with E-state index in [1.807, 2.05) is 0 Å². The minimum Gasteiger partial charge on any atom is -0.481 e. The number of hydrogen-bond acceptors (Lipinski definition) is 4. The van der Waals surface area contributed by atoms with Crippen molar-refractivity contribution in [2.75, 3.05) is 6.54 Å². The molecule has 8 heteroatoms. The Morgan fingerprint density at radius 3 is 2.68 bits per heavy atom. The minimum atomic E-state index is -0.930. The van der Waals surface area contributed by atoms with Crippen LogP contribution in [-0.4, -0.2) is 44.4 Å². The number of carboxylic acid groups (broad SMARTS) is 1. The second kappa shape index (κ2) is 4.71. The van der Waals surface area contributed by atoms with Crippen LogP contribution in [0.5, 0.6) is 0 Å². The van der Waals surface area contributed by atoms with E-state index in [1.54, 1.807) is 6.92 Å². The number of amides is 1. The zero-order valence-corrected chi connectivity index (χ0v) is 10.2. The molecule has 1 aromatic rings. The lowest BCUT2D eigenvalue weighted by Gasteiger charge is -2.21. The molecule has 2 atom stereocenters. The number of aromatic nitrogens is 1. The summed E-state index contributed by atoms with van der Waals surface area (Å²) in [6.45, 7) is 2.00. The third-order valence-corrected chi connectivity index (χ3v) is 3.43. The third kappa shape index (κ3) is 2.28. The Morgan fingerprint density at radius 2 is 2.21 bits per heavy atom. The van der Waals surface area contributed by atoms with E-state index >= 15 is 0 Å². The van der Waals surface area contributed by atoms with Crippen molar-refractivity contribution in [3.63, 3.8) is 0 Å². The molecular weight excluding hydrogens is 254 g/mol. The van der Waals surface area contributed by atoms with E-state index < -0.39 is 28.8 Å². The fraction of sp³-hybridized carbons (Fsp3) is 0.455. The van der Waals surface area contributed by atoms with Crippen LogP contribution in [0.2, 0.25) is 0 Å². The Labute approximate surface area is 108 Å². The molecule has 0 radical (unpaired) electrons. The van der Waals surface area contributed by atoms with Crippen LogP contribution in [0.15, 0.2) is 12.1 Å². The molecule has 0 saturated carbocycles. The first-order chi connectivity index (χ1) is 8.91. The molecule has 1 aliphatic rings. The predicted molar refractivity (Wildman–Crippen MR) is 63.7 cm³/mol. The molecule has 2 N–H and O–H groups in total. The van der Waals surface area contributed by atoms with Gasteiger partial charge in [0.25, 0.3) is 5.91 Å². The van der Waals surface area contributed by atoms with Gasteiger partial charge in [-0.05, 0) is 24.3 Å². The average molecular weight is 267 g/mol. The van der Waals surface area contributed by atoms with Gasteiger partial charge in [-0.1, -0.05) is 0 Å². The molecule has 1 fully saturated rings. The maximum Gasteiger partial charge on any atom is 0.321 e. The topological polar surface area (TPSA) is 117 Å². The highest BCUT2D eigenvalue weighted by molar-refractivity contribution is 5.93. The van der Waals surface area contributed by atoms with Gasteiger partial charge in [0.2, 0.25) is 0 Å². The minimum absolute atomic E-state index is 0.101. The first kappa shape index (κ1) is 13.1. The Morgan fingerprint density at radius 1 is 1.53 bits per heavy atom. The predicted octanol–water partition coefficient (Wildman–Crippen LogP) is 0.858. The second-order valence-corrected chi connectivity index (χ2v) is 4.49. The average Bonchev–Trinajstić information content (AvgIpc) is 2.94. The first-order valence-electron chi connectivity index (χ1n) is 5.79. The summed E-state index contributed by atoms with van der Waals surface area (Å²) >= 11 is 0. The van der Waals surface area contributed by atoms with Gasteiger partial charge in [0, 0.05) is 18.7 Å². The van der Waals surface area contributed by atoms with Crippen molar-refractivity contribution in [1.82, 2.24) is 9.88 Å². The third-order valence-electron chi connectivity index (χ3n) is 3.43. The molecule has 0 spiro atoms. The summed E-state index contributed by atoms with van der Waals surface area (Å²) in [6, 6.07) is 2.12. The fourth-order valence-corrected chi connectivity index (χ4v) is 2.33. The Kier molecular flexibility index (Phi) is 3.24. The largest absolute Gasteiger partial charge is 0.481 e. The number of likely N-dealkylation sites (tertiary alicyclic amines) is 1. The number of hydrogen-bond donors (Lipinski definition) is 2. The standard InChI is InChI=1S/C11H13N3O5/c1-6-7(11(16)17)4-5-13(6)10(15)8-2-3-9(12-8)14(18)19/h2-3,6-7,12H,4-5H2,1H3,(H,16,17). The highest BCUT2D eigenvalue weighted by Crippen LogP contribution is 2.26. The van der Waals surface area contributed by atoms with Gasteiger partial charge in [-0.25, -0.2) is 4.98 Å². The molecule has 1 aliphatic heterocycles. The van der Waals surface area contributed by atoms with Crippen molar-refractivity contribution >= 4 is 17.7 Å². The van der Waals surface area contributed by atoms with E-state index in [4.69, 9.17) is 5.11 Å². The van der Waals surface area contributed by atoms with E-state index in [9.17, 15) is 19.7 Å². The van der Waals surface area contributed by atoms with Crippen LogP contribution in [-0.2, 0) is 4.79 Å². The lowest BCUT2D eigenvalue weighted by molar-refractivity contribution is -0.389. The highest BCUT2D eigenvalue weighted by atomic mass is 16.6. The zero-order valence-electron chi connectivity index (χ0n) is 10.2. The normalized spacial score (nSPS) is 22.5. The van der Waals surface area contributed by atoms with Crippen LogP contribution in [0.4, 0.5) is 5.82 Å². The van der Waals surface area contributed by atoms with Gasteiger partial charge in [0.15, 0.2) is 5.69 Å². The van der Waals surface area contributed by atoms with Gasteiger partial charge in [0.05, 0.1) is 5.92 Å². The number of aliphatic carboxylic acids is 1. The summed E-state index contributed by atoms with van der Waals surface area (Å²) < 4.78 is 0. The summed E-state index contributed by atoms with van der Waals surface area (Å²) in [5.74, 6) is -2.19. The molecule has 102 valence electrons. The van der Waals surface area contributed by atoms with Crippen molar-refractivity contribution in [3.05, 3.63) is 27.9 Å². The van der Waals surface area contributed by atoms with E-state index in [-0.39, 0.29) is 11.5 Å². The number of carboxylic acids is 1. The summed E-state index contributed by atoms with van der Waals surface area (Å²) in [7, 11) is 0. The molecular formula is C11H13N3O5. The molecule has 1 saturated heterocycles. The van der Waals surface area contributed by atoms with Crippen molar-refractivity contribution < 1.29 is 19.6 Å². The summed E-state index contributed by atoms with van der Waals surface area (Å²) in [4.78, 5) is 36.9. The van der Waals surface area contributed by atoms with Gasteiger partial charge in [0.1, 0.15) is 0 Å². The summed E-state index contributed by atoms with van der Waals surface area (Å²) in [5, 5.41) is 19.5. The van der Waals surface area contributed by atoms with Crippen LogP contribution in [0, 0.1) is 16.0 Å². The quantitative estimate of drug-likeness (QED) is 0.622. The Balaban J connectivity index is 2.16. The lowest BCUT2D eigenvalue weighted by atomic mass is 10.0. The van der Waals surface area contributed by atoms with Crippen LogP contribution in [0.1, 0.15) is 23.8 Å². The van der Waals surface area contributed by atoms with Gasteiger partial charge in [-0.2, -0.15) is 0 Å². The molecule has 2 heterocycles. The summed E-state index contributed by atoms with van der Waals surface area (Å²) in [6.07, 6.45) is 0.394. The van der Waals surface area contributed by atoms with Gasteiger partial charge in [-0.15, -0.1) is 0 Å². The number of rotatable bonds is 3. The van der Waals surface area contributed by atoms with Crippen molar-refractivity contribution in [1.29, 1.82) is 0 Å². The van der Waals surface area contributed by atoms with E-state index in [0.29, 0.717) is 13.0 Å². The molecule has 2 rings (SSSR count). The number of carbonyl (C=O) groups excluding carboxylic acids is 1. The molecule has 0 aromatic carbocycles. The van der Waals surface area contributed by atoms with Gasteiger partial charge >= 0.3 is 11.8 Å². The number of carbonyl (C=O) groups is 2. The molecule has 8 nitrogen and oxygen atoms in total. The van der Waals surface area contributed by atoms with E-state index in [1.165, 1.54) is 17.0 Å². The molecule has 0 aliphatic carbocycles. The second-order valence-electron chi connectivity index (χ2n) is 4.49. The van der Waals surface area contributed by atoms with Crippen molar-refractivity contribution in [3.8, 4) is 0 Å². The van der Waals surface area contributed by atoms with Crippen LogP contribution < -0.4 is 0 Å². The van der Waals surface area contributed by atoms with Crippen molar-refractivity contribution in [2.24, 2.45) is 5.92 Å². The fourth-order valence-electron chi connectivity index (χ4n) is 2.33. The van der Waals surface area contributed by atoms with E-state index in [2.05, 4.69) is 4.98 Å². The van der Waals surface area contributed by atoms with Crippen molar-refractivity contribution in [2.45, 2.75) is 19.4 Å². The number of nitrogens with zero attached hydrogens (tertiary/aromatic N) is 2. The van der Waals surface area contributed by atoms with Crippen LogP contribution in [0.25, 0.3) is 0 Å². The molecule has 1 amide bonds. The Bertz CT molecular complexity index is 538. The molecule has 0 bridgehead atoms. The number of nitro groups is 1. The first-order valence-corrected chi connectivity index (χ1v) is 5.79. The smallest absolute Gasteiger partial charge is 0.321 e. The lowest BCUT2D eigenvalue weighted by Crippen LogP contribution is -2.37. The number of nitrogens with one attached hydrogen (secondary N) is 1. The maximum atomic E-state index is 12.1. The molecule has 19 heavy (non-hydrogen) atoms. The highest BCUT2D eigenvalue weighted by Gasteiger charge is 2.39. The Hall–Kier alpha value is -2.38. The van der Waals surface area contributed by atoms with E-state index in [0.717, 1.165) is 0 Å². The SMILES string of the molecule is CC1C(C(=O)O)CCN1C(=O)c1ccc([N+](=O)[O-])[nH]1. The van der Waals surface area contributed by atoms with Gasteiger partial charge in [-0.3, -0.25) is 9.59 Å². The monoisotopic (exact) mass is 267 g/mol.